The Morgan fingerprint density at radius 3 is 2.66 bits per heavy atom. The van der Waals surface area contributed by atoms with Crippen molar-refractivity contribution in [3.05, 3.63) is 68.2 Å². The molecule has 1 amide bonds. The molecule has 0 aliphatic carbocycles. The SMILES string of the molecule is COc1ccc2[nH]c3c(=O)n(CCCCC(=O)NCc4ccc(Cl)cc4)c(=S)[nH]c3c2c1. The fraction of sp³-hybridized carbons (Fsp3) is 0.261. The molecule has 4 aromatic rings. The Morgan fingerprint density at radius 1 is 1.12 bits per heavy atom. The summed E-state index contributed by atoms with van der Waals surface area (Å²) in [4.78, 5) is 31.5. The molecular formula is C23H23ClN4O3S. The van der Waals surface area contributed by atoms with E-state index in [1.54, 1.807) is 19.2 Å². The number of methoxy groups -OCH3 is 1. The summed E-state index contributed by atoms with van der Waals surface area (Å²) in [5.41, 5.74) is 2.80. The van der Waals surface area contributed by atoms with E-state index in [1.807, 2.05) is 30.3 Å². The van der Waals surface area contributed by atoms with E-state index < -0.39 is 0 Å². The average molecular weight is 471 g/mol. The number of halogens is 1. The van der Waals surface area contributed by atoms with Gasteiger partial charge in [0.25, 0.3) is 5.56 Å². The third-order valence-corrected chi connectivity index (χ3v) is 5.95. The maximum absolute atomic E-state index is 13.0. The number of nitrogens with zero attached hydrogens (tertiary/aromatic N) is 1. The molecule has 0 saturated heterocycles. The predicted molar refractivity (Wildman–Crippen MR) is 129 cm³/mol. The van der Waals surface area contributed by atoms with Crippen LogP contribution in [0.15, 0.2) is 47.3 Å². The standard InChI is InChI=1S/C23H23ClN4O3S/c1-31-16-9-10-18-17(12-16)20-21(26-18)22(30)28(23(32)27-20)11-3-2-4-19(29)25-13-14-5-7-15(24)8-6-14/h5-10,12,26H,2-4,11,13H2,1H3,(H,25,29)(H,27,32). The minimum Gasteiger partial charge on any atom is -0.497 e. The van der Waals surface area contributed by atoms with Crippen molar-refractivity contribution in [3.63, 3.8) is 0 Å². The maximum atomic E-state index is 13.0. The van der Waals surface area contributed by atoms with Gasteiger partial charge in [0.15, 0.2) is 4.77 Å². The van der Waals surface area contributed by atoms with Crippen LogP contribution in [0.5, 0.6) is 5.75 Å². The van der Waals surface area contributed by atoms with Crippen LogP contribution in [-0.2, 0) is 17.9 Å². The second-order valence-corrected chi connectivity index (χ2v) is 8.36. The van der Waals surface area contributed by atoms with E-state index >= 15 is 0 Å². The lowest BCUT2D eigenvalue weighted by atomic mass is 10.2. The highest BCUT2D eigenvalue weighted by Crippen LogP contribution is 2.25. The Kier molecular flexibility index (Phi) is 6.62. The monoisotopic (exact) mass is 470 g/mol. The zero-order valence-electron chi connectivity index (χ0n) is 17.5. The molecule has 0 aliphatic rings. The van der Waals surface area contributed by atoms with Gasteiger partial charge in [0.1, 0.15) is 11.3 Å². The summed E-state index contributed by atoms with van der Waals surface area (Å²) < 4.78 is 7.18. The van der Waals surface area contributed by atoms with E-state index in [9.17, 15) is 9.59 Å². The molecule has 0 saturated carbocycles. The van der Waals surface area contributed by atoms with Crippen LogP contribution in [-0.4, -0.2) is 27.6 Å². The molecule has 0 radical (unpaired) electrons. The zero-order chi connectivity index (χ0) is 22.7. The quantitative estimate of drug-likeness (QED) is 0.257. The first-order chi connectivity index (χ1) is 15.5. The van der Waals surface area contributed by atoms with E-state index in [-0.39, 0.29) is 11.5 Å². The number of aromatic amines is 2. The van der Waals surface area contributed by atoms with Crippen molar-refractivity contribution in [2.24, 2.45) is 0 Å². The molecule has 9 heteroatoms. The Bertz CT molecular complexity index is 1390. The van der Waals surface area contributed by atoms with Crippen molar-refractivity contribution < 1.29 is 9.53 Å². The summed E-state index contributed by atoms with van der Waals surface area (Å²) in [6, 6.07) is 12.9. The molecular weight excluding hydrogens is 448 g/mol. The molecule has 7 nitrogen and oxygen atoms in total. The Balaban J connectivity index is 1.38. The van der Waals surface area contributed by atoms with Gasteiger partial charge in [-0.1, -0.05) is 23.7 Å². The van der Waals surface area contributed by atoms with Gasteiger partial charge >= 0.3 is 0 Å². The van der Waals surface area contributed by atoms with Gasteiger partial charge < -0.3 is 20.0 Å². The number of hydrogen-bond acceptors (Lipinski definition) is 4. The van der Waals surface area contributed by atoms with Crippen LogP contribution in [0.2, 0.25) is 5.02 Å². The highest BCUT2D eigenvalue weighted by Gasteiger charge is 2.12. The number of nitrogens with one attached hydrogen (secondary N) is 3. The third-order valence-electron chi connectivity index (χ3n) is 5.38. The number of H-pyrrole nitrogens is 2. The Labute approximate surface area is 194 Å². The van der Waals surface area contributed by atoms with Crippen LogP contribution >= 0.6 is 23.8 Å². The zero-order valence-corrected chi connectivity index (χ0v) is 19.1. The molecule has 0 atom stereocenters. The molecule has 4 rings (SSSR count). The van der Waals surface area contributed by atoms with Gasteiger partial charge in [0, 0.05) is 35.4 Å². The van der Waals surface area contributed by atoms with Crippen LogP contribution in [0.1, 0.15) is 24.8 Å². The summed E-state index contributed by atoms with van der Waals surface area (Å²) in [7, 11) is 1.60. The predicted octanol–water partition coefficient (Wildman–Crippen LogP) is 4.69. The molecule has 166 valence electrons. The lowest BCUT2D eigenvalue weighted by molar-refractivity contribution is -0.121. The number of ether oxygens (including phenoxy) is 1. The van der Waals surface area contributed by atoms with E-state index in [4.69, 9.17) is 28.6 Å². The first-order valence-corrected chi connectivity index (χ1v) is 11.1. The second kappa shape index (κ2) is 9.58. The number of unbranched alkanes of at least 4 members (excludes halogenated alkanes) is 1. The number of carbonyl (C=O) groups excluding carboxylic acids is 1. The number of aromatic nitrogens is 3. The molecule has 0 fully saturated rings. The lowest BCUT2D eigenvalue weighted by Gasteiger charge is -2.08. The summed E-state index contributed by atoms with van der Waals surface area (Å²) in [5, 5.41) is 4.42. The van der Waals surface area contributed by atoms with Gasteiger partial charge in [-0.3, -0.25) is 14.2 Å². The molecule has 0 aliphatic heterocycles. The van der Waals surface area contributed by atoms with Crippen LogP contribution in [0.25, 0.3) is 21.9 Å². The molecule has 3 N–H and O–H groups in total. The highest BCUT2D eigenvalue weighted by molar-refractivity contribution is 7.71. The van der Waals surface area contributed by atoms with E-state index in [1.165, 1.54) is 4.57 Å². The number of benzene rings is 2. The van der Waals surface area contributed by atoms with Gasteiger partial charge in [-0.15, -0.1) is 0 Å². The Hall–Kier alpha value is -3.10. The summed E-state index contributed by atoms with van der Waals surface area (Å²) in [6.07, 6.45) is 1.69. The first-order valence-electron chi connectivity index (χ1n) is 10.3. The van der Waals surface area contributed by atoms with Crippen molar-refractivity contribution >= 4 is 51.7 Å². The van der Waals surface area contributed by atoms with Crippen LogP contribution < -0.4 is 15.6 Å². The number of carbonyl (C=O) groups is 1. The second-order valence-electron chi connectivity index (χ2n) is 7.53. The molecule has 0 spiro atoms. The maximum Gasteiger partial charge on any atom is 0.278 e. The smallest absolute Gasteiger partial charge is 0.278 e. The molecule has 32 heavy (non-hydrogen) atoms. The van der Waals surface area contributed by atoms with E-state index in [0.717, 1.165) is 16.5 Å². The number of hydrogen-bond donors (Lipinski definition) is 3. The molecule has 2 aromatic heterocycles. The van der Waals surface area contributed by atoms with Crippen LogP contribution in [0.3, 0.4) is 0 Å². The van der Waals surface area contributed by atoms with Crippen molar-refractivity contribution in [1.29, 1.82) is 0 Å². The van der Waals surface area contributed by atoms with Crippen LogP contribution in [0, 0.1) is 4.77 Å². The first kappa shape index (κ1) is 22.1. The minimum atomic E-state index is -0.175. The van der Waals surface area contributed by atoms with Gasteiger partial charge in [-0.05, 0) is 61.0 Å². The normalized spacial score (nSPS) is 11.2. The summed E-state index contributed by atoms with van der Waals surface area (Å²) >= 11 is 11.3. The molecule has 2 heterocycles. The van der Waals surface area contributed by atoms with Crippen molar-refractivity contribution in [2.75, 3.05) is 7.11 Å². The van der Waals surface area contributed by atoms with Crippen molar-refractivity contribution in [3.8, 4) is 5.75 Å². The highest BCUT2D eigenvalue weighted by atomic mass is 35.5. The minimum absolute atomic E-state index is 0.0301. The number of amides is 1. The van der Waals surface area contributed by atoms with Crippen molar-refractivity contribution in [1.82, 2.24) is 19.9 Å². The van der Waals surface area contributed by atoms with E-state index in [0.29, 0.717) is 58.9 Å². The largest absolute Gasteiger partial charge is 0.497 e. The fourth-order valence-corrected chi connectivity index (χ4v) is 4.04. The molecule has 0 bridgehead atoms. The van der Waals surface area contributed by atoms with Gasteiger partial charge in [-0.2, -0.15) is 0 Å². The van der Waals surface area contributed by atoms with Crippen LogP contribution in [0.4, 0.5) is 0 Å². The topological polar surface area (TPSA) is 91.9 Å². The molecule has 0 unspecified atom stereocenters. The van der Waals surface area contributed by atoms with Gasteiger partial charge in [0.05, 0.1) is 12.6 Å². The van der Waals surface area contributed by atoms with Gasteiger partial charge in [0.2, 0.25) is 5.91 Å². The number of rotatable bonds is 8. The fourth-order valence-electron chi connectivity index (χ4n) is 3.64. The Morgan fingerprint density at radius 2 is 1.91 bits per heavy atom. The van der Waals surface area contributed by atoms with Gasteiger partial charge in [-0.25, -0.2) is 0 Å². The lowest BCUT2D eigenvalue weighted by Crippen LogP contribution is -2.24. The average Bonchev–Trinajstić information content (AvgIpc) is 3.16. The third kappa shape index (κ3) is 4.71. The molecule has 2 aromatic carbocycles. The summed E-state index contributed by atoms with van der Waals surface area (Å²) in [5.74, 6) is 0.675. The number of fused-ring (bicyclic) bond motifs is 3. The van der Waals surface area contributed by atoms with E-state index in [2.05, 4.69) is 15.3 Å². The van der Waals surface area contributed by atoms with Crippen molar-refractivity contribution in [2.45, 2.75) is 32.4 Å². The summed E-state index contributed by atoms with van der Waals surface area (Å²) in [6.45, 7) is 0.899.